The number of hydrogen-bond acceptors (Lipinski definition) is 5. The van der Waals surface area contributed by atoms with Crippen LogP contribution < -0.4 is 5.32 Å². The molecular formula is C25H35N3O2S. The molecule has 1 amide bonds. The minimum Gasteiger partial charge on any atom is -0.391 e. The van der Waals surface area contributed by atoms with E-state index in [9.17, 15) is 9.90 Å². The molecule has 0 unspecified atom stereocenters. The molecule has 1 aromatic carbocycles. The summed E-state index contributed by atoms with van der Waals surface area (Å²) in [5, 5.41) is 15.0. The summed E-state index contributed by atoms with van der Waals surface area (Å²) in [4.78, 5) is 21.1. The Morgan fingerprint density at radius 1 is 1.23 bits per heavy atom. The molecule has 1 saturated carbocycles. The number of benzene rings is 1. The fourth-order valence-corrected chi connectivity index (χ4v) is 6.19. The lowest BCUT2D eigenvalue weighted by atomic mass is 9.77. The number of rotatable bonds is 7. The average Bonchev–Trinajstić information content (AvgIpc) is 3.35. The Bertz CT molecular complexity index is 882. The second-order valence-corrected chi connectivity index (χ2v) is 11.1. The van der Waals surface area contributed by atoms with Gasteiger partial charge in [0.2, 0.25) is 5.91 Å². The van der Waals surface area contributed by atoms with Gasteiger partial charge >= 0.3 is 0 Å². The molecule has 0 spiro atoms. The van der Waals surface area contributed by atoms with Crippen LogP contribution in [0, 0.1) is 17.3 Å². The number of carbonyl (C=O) groups excluding carboxylic acids is 1. The summed E-state index contributed by atoms with van der Waals surface area (Å²) >= 11 is 1.76. The van der Waals surface area contributed by atoms with Gasteiger partial charge in [-0.25, -0.2) is 4.98 Å². The van der Waals surface area contributed by atoms with Gasteiger partial charge in [0.15, 0.2) is 0 Å². The Morgan fingerprint density at radius 2 is 1.94 bits per heavy atom. The monoisotopic (exact) mass is 441 g/mol. The molecule has 1 aliphatic heterocycles. The van der Waals surface area contributed by atoms with Gasteiger partial charge in [-0.1, -0.05) is 57.5 Å². The number of aliphatic hydroxyl groups excluding tert-OH is 1. The highest BCUT2D eigenvalue weighted by atomic mass is 32.1. The summed E-state index contributed by atoms with van der Waals surface area (Å²) in [7, 11) is 0. The normalized spacial score (nSPS) is 26.6. The topological polar surface area (TPSA) is 65.5 Å². The van der Waals surface area contributed by atoms with Gasteiger partial charge < -0.3 is 10.4 Å². The first-order chi connectivity index (χ1) is 14.9. The molecule has 1 aliphatic carbocycles. The number of hydrogen-bond donors (Lipinski definition) is 2. The Kier molecular flexibility index (Phi) is 6.80. The number of aromatic nitrogens is 1. The summed E-state index contributed by atoms with van der Waals surface area (Å²) in [6.45, 7) is 9.06. The van der Waals surface area contributed by atoms with Crippen molar-refractivity contribution < 1.29 is 9.90 Å². The number of likely N-dealkylation sites (tertiary alicyclic amines) is 1. The molecule has 168 valence electrons. The molecule has 2 aliphatic rings. The largest absolute Gasteiger partial charge is 0.391 e. The van der Waals surface area contributed by atoms with Gasteiger partial charge in [0.25, 0.3) is 0 Å². The van der Waals surface area contributed by atoms with E-state index in [0.29, 0.717) is 11.8 Å². The standard InChI is InChI=1S/C25H35N3O2S/c1-4-10-25(2,3)24(30)27-21-11-18-14-28(15-19(18)12-22(21)29)16-20-13-26-23(31-20)17-8-6-5-7-9-17/h5-9,13,18-19,21-22,29H,4,10-12,14-16H2,1-3H3,(H,27,30)/t18-,19+,21-,22-/m0/s1. The minimum absolute atomic E-state index is 0.0739. The van der Waals surface area contributed by atoms with E-state index < -0.39 is 6.10 Å². The van der Waals surface area contributed by atoms with Crippen LogP contribution in [0.5, 0.6) is 0 Å². The van der Waals surface area contributed by atoms with Crippen molar-refractivity contribution in [3.63, 3.8) is 0 Å². The van der Waals surface area contributed by atoms with Crippen molar-refractivity contribution in [2.24, 2.45) is 17.3 Å². The van der Waals surface area contributed by atoms with Crippen molar-refractivity contribution in [1.82, 2.24) is 15.2 Å². The Balaban J connectivity index is 1.34. The van der Waals surface area contributed by atoms with Gasteiger partial charge in [0.1, 0.15) is 5.01 Å². The summed E-state index contributed by atoms with van der Waals surface area (Å²) in [6.07, 6.45) is 5.04. The minimum atomic E-state index is -0.448. The van der Waals surface area contributed by atoms with Crippen molar-refractivity contribution in [3.8, 4) is 10.6 Å². The fraction of sp³-hybridized carbons (Fsp3) is 0.600. The Labute approximate surface area is 189 Å². The first kappa shape index (κ1) is 22.4. The number of fused-ring (bicyclic) bond motifs is 1. The molecule has 5 nitrogen and oxygen atoms in total. The fourth-order valence-electron chi connectivity index (χ4n) is 5.23. The molecule has 2 fully saturated rings. The number of carbonyl (C=O) groups is 1. The maximum atomic E-state index is 12.7. The molecule has 4 atom stereocenters. The zero-order chi connectivity index (χ0) is 22.0. The Morgan fingerprint density at radius 3 is 2.65 bits per heavy atom. The molecule has 2 aromatic rings. The van der Waals surface area contributed by atoms with E-state index in [1.807, 2.05) is 38.2 Å². The van der Waals surface area contributed by atoms with Crippen molar-refractivity contribution in [3.05, 3.63) is 41.4 Å². The highest BCUT2D eigenvalue weighted by molar-refractivity contribution is 7.15. The van der Waals surface area contributed by atoms with E-state index in [1.54, 1.807) is 11.3 Å². The van der Waals surface area contributed by atoms with Crippen LogP contribution in [0.2, 0.25) is 0 Å². The molecule has 0 bridgehead atoms. The molecule has 2 N–H and O–H groups in total. The van der Waals surface area contributed by atoms with E-state index >= 15 is 0 Å². The van der Waals surface area contributed by atoms with Crippen LogP contribution in [0.4, 0.5) is 0 Å². The van der Waals surface area contributed by atoms with Gasteiger partial charge in [-0.3, -0.25) is 9.69 Å². The van der Waals surface area contributed by atoms with Crippen molar-refractivity contribution in [2.45, 2.75) is 65.1 Å². The van der Waals surface area contributed by atoms with E-state index in [2.05, 4.69) is 34.3 Å². The molecule has 31 heavy (non-hydrogen) atoms. The SMILES string of the molecule is CCCC(C)(C)C(=O)N[C@H]1C[C@H]2CN(Cc3cnc(-c4ccccc4)s3)C[C@H]2C[C@@H]1O. The van der Waals surface area contributed by atoms with E-state index in [0.717, 1.165) is 50.3 Å². The maximum absolute atomic E-state index is 12.7. The first-order valence-electron chi connectivity index (χ1n) is 11.6. The highest BCUT2D eigenvalue weighted by Gasteiger charge is 2.43. The van der Waals surface area contributed by atoms with Crippen molar-refractivity contribution in [1.29, 1.82) is 0 Å². The summed E-state index contributed by atoms with van der Waals surface area (Å²) in [5.41, 5.74) is 0.789. The molecule has 1 aromatic heterocycles. The van der Waals surface area contributed by atoms with Crippen molar-refractivity contribution >= 4 is 17.2 Å². The highest BCUT2D eigenvalue weighted by Crippen LogP contribution is 2.38. The summed E-state index contributed by atoms with van der Waals surface area (Å²) in [6, 6.07) is 10.2. The quantitative estimate of drug-likeness (QED) is 0.671. The van der Waals surface area contributed by atoms with Crippen LogP contribution in [0.15, 0.2) is 36.5 Å². The molecule has 4 rings (SSSR count). The number of nitrogens with zero attached hydrogens (tertiary/aromatic N) is 2. The van der Waals surface area contributed by atoms with Gasteiger partial charge in [-0.2, -0.15) is 0 Å². The lowest BCUT2D eigenvalue weighted by Gasteiger charge is -2.37. The zero-order valence-electron chi connectivity index (χ0n) is 18.9. The third-order valence-electron chi connectivity index (χ3n) is 6.98. The van der Waals surface area contributed by atoms with Crippen LogP contribution in [0.3, 0.4) is 0 Å². The second kappa shape index (κ2) is 9.39. The second-order valence-electron chi connectivity index (χ2n) is 9.96. The van der Waals surface area contributed by atoms with E-state index in [4.69, 9.17) is 0 Å². The molecule has 6 heteroatoms. The van der Waals surface area contributed by atoms with Crippen LogP contribution in [-0.2, 0) is 11.3 Å². The molecular weight excluding hydrogens is 406 g/mol. The van der Waals surface area contributed by atoms with E-state index in [1.165, 1.54) is 10.4 Å². The lowest BCUT2D eigenvalue weighted by Crippen LogP contribution is -2.52. The van der Waals surface area contributed by atoms with Crippen LogP contribution in [0.25, 0.3) is 10.6 Å². The van der Waals surface area contributed by atoms with Gasteiger partial charge in [-0.15, -0.1) is 11.3 Å². The first-order valence-corrected chi connectivity index (χ1v) is 12.4. The number of aliphatic hydroxyl groups is 1. The number of amides is 1. The van der Waals surface area contributed by atoms with Crippen molar-refractivity contribution in [2.75, 3.05) is 13.1 Å². The lowest BCUT2D eigenvalue weighted by molar-refractivity contribution is -0.132. The van der Waals surface area contributed by atoms with Crippen LogP contribution in [0.1, 0.15) is 51.3 Å². The summed E-state index contributed by atoms with van der Waals surface area (Å²) < 4.78 is 0. The van der Waals surface area contributed by atoms with Gasteiger partial charge in [-0.05, 0) is 31.1 Å². The smallest absolute Gasteiger partial charge is 0.225 e. The third kappa shape index (κ3) is 5.18. The predicted molar refractivity (Wildman–Crippen MR) is 126 cm³/mol. The molecule has 1 saturated heterocycles. The Hall–Kier alpha value is -1.76. The number of thiazole rings is 1. The van der Waals surface area contributed by atoms with Crippen LogP contribution >= 0.6 is 11.3 Å². The van der Waals surface area contributed by atoms with E-state index in [-0.39, 0.29) is 17.4 Å². The maximum Gasteiger partial charge on any atom is 0.225 e. The zero-order valence-corrected chi connectivity index (χ0v) is 19.7. The van der Waals surface area contributed by atoms with Gasteiger partial charge in [0.05, 0.1) is 12.1 Å². The number of nitrogens with one attached hydrogen (secondary N) is 1. The van der Waals surface area contributed by atoms with Crippen LogP contribution in [-0.4, -0.2) is 46.1 Å². The third-order valence-corrected chi connectivity index (χ3v) is 8.01. The average molecular weight is 442 g/mol. The molecule has 0 radical (unpaired) electrons. The van der Waals surface area contributed by atoms with Gasteiger partial charge in [0, 0.05) is 41.7 Å². The summed E-state index contributed by atoms with van der Waals surface area (Å²) in [5.74, 6) is 1.11. The predicted octanol–water partition coefficient (Wildman–Crippen LogP) is 4.32. The molecule has 2 heterocycles.